The van der Waals surface area contributed by atoms with E-state index in [-0.39, 0.29) is 0 Å². The van der Waals surface area contributed by atoms with Crippen LogP contribution < -0.4 is 0 Å². The molecule has 0 heterocycles. The molecule has 0 saturated carbocycles. The monoisotopic (exact) mass is 160 g/mol. The van der Waals surface area contributed by atoms with Crippen molar-refractivity contribution in [2.75, 3.05) is 0 Å². The van der Waals surface area contributed by atoms with E-state index in [0.717, 1.165) is 23.8 Å². The maximum absolute atomic E-state index is 8.19. The van der Waals surface area contributed by atoms with Crippen LogP contribution in [0.2, 0.25) is 0 Å². The van der Waals surface area contributed by atoms with Crippen LogP contribution in [0.25, 0.3) is 0 Å². The molecule has 9 heavy (non-hydrogen) atoms. The van der Waals surface area contributed by atoms with Crippen LogP contribution in [0.15, 0.2) is 17.2 Å². The second-order valence-corrected chi connectivity index (χ2v) is 2.00. The molecule has 0 fully saturated rings. The van der Waals surface area contributed by atoms with Gasteiger partial charge in [-0.1, -0.05) is 20.3 Å². The second-order valence-electron chi connectivity index (χ2n) is 2.00. The van der Waals surface area contributed by atoms with Crippen LogP contribution in [0.5, 0.6) is 0 Å². The summed E-state index contributed by atoms with van der Waals surface area (Å²) in [6.07, 6.45) is 6.50. The van der Waals surface area contributed by atoms with Crippen LogP contribution in [-0.4, -0.2) is 0 Å². The minimum absolute atomic E-state index is 1.06. The molecule has 0 radical (unpaired) electrons. The first-order valence-corrected chi connectivity index (χ1v) is 3.30. The fourth-order valence-corrected chi connectivity index (χ4v) is 0.745. The van der Waals surface area contributed by atoms with E-state index in [1.54, 1.807) is 0 Å². The summed E-state index contributed by atoms with van der Waals surface area (Å²) in [5.41, 5.74) is 2.65. The SMILES string of the molecule is CC1=[C-]C(C)=CC1.[O]=[V]. The fraction of sp³-hybridized carbons (Fsp3) is 0.429. The van der Waals surface area contributed by atoms with E-state index in [1.165, 1.54) is 11.1 Å². The predicted molar refractivity (Wildman–Crippen MR) is 31.5 cm³/mol. The molecule has 0 spiro atoms. The van der Waals surface area contributed by atoms with Gasteiger partial charge in [0.05, 0.1) is 0 Å². The molecule has 0 unspecified atom stereocenters. The topological polar surface area (TPSA) is 17.1 Å². The summed E-state index contributed by atoms with van der Waals surface area (Å²) in [6, 6.07) is 0. The molecule has 1 rings (SSSR count). The van der Waals surface area contributed by atoms with Crippen molar-refractivity contribution in [2.24, 2.45) is 0 Å². The molecule has 0 amide bonds. The number of allylic oxidation sites excluding steroid dienone is 4. The molecule has 1 aliphatic rings. The Morgan fingerprint density at radius 1 is 1.56 bits per heavy atom. The van der Waals surface area contributed by atoms with Crippen LogP contribution in [-0.2, 0) is 21.0 Å². The van der Waals surface area contributed by atoms with Gasteiger partial charge in [0.2, 0.25) is 0 Å². The van der Waals surface area contributed by atoms with E-state index in [2.05, 4.69) is 26.0 Å². The normalized spacial score (nSPS) is 15.2. The Bertz CT molecular complexity index is 147. The Morgan fingerprint density at radius 2 is 2.11 bits per heavy atom. The third-order valence-electron chi connectivity index (χ3n) is 1.12. The number of rotatable bonds is 0. The molecule has 2 heteroatoms. The van der Waals surface area contributed by atoms with Gasteiger partial charge in [-0.05, 0) is 0 Å². The van der Waals surface area contributed by atoms with Crippen molar-refractivity contribution in [3.8, 4) is 0 Å². The van der Waals surface area contributed by atoms with Crippen LogP contribution in [0, 0.1) is 6.08 Å². The summed E-state index contributed by atoms with van der Waals surface area (Å²) < 4.78 is 8.19. The molecule has 0 aliphatic heterocycles. The molecule has 0 saturated heterocycles. The van der Waals surface area contributed by atoms with Gasteiger partial charge >= 0.3 is 21.0 Å². The van der Waals surface area contributed by atoms with Crippen molar-refractivity contribution in [1.82, 2.24) is 0 Å². The first-order valence-electron chi connectivity index (χ1n) is 2.73. The van der Waals surface area contributed by atoms with Gasteiger partial charge < -0.3 is 0 Å². The Morgan fingerprint density at radius 3 is 2.22 bits per heavy atom. The van der Waals surface area contributed by atoms with Crippen LogP contribution in [0.1, 0.15) is 20.3 Å². The van der Waals surface area contributed by atoms with Crippen molar-refractivity contribution in [3.05, 3.63) is 23.3 Å². The van der Waals surface area contributed by atoms with Crippen molar-refractivity contribution >= 4 is 0 Å². The van der Waals surface area contributed by atoms with E-state index in [9.17, 15) is 0 Å². The molecule has 1 aliphatic carbocycles. The predicted octanol–water partition coefficient (Wildman–Crippen LogP) is 1.96. The zero-order chi connectivity index (χ0) is 7.28. The van der Waals surface area contributed by atoms with E-state index < -0.39 is 0 Å². The van der Waals surface area contributed by atoms with E-state index >= 15 is 0 Å². The zero-order valence-corrected chi connectivity index (χ0v) is 7.04. The molecule has 0 bridgehead atoms. The molecule has 0 aromatic carbocycles. The molecular formula is C7H9OV-. The van der Waals surface area contributed by atoms with Gasteiger partial charge in [0, 0.05) is 0 Å². The summed E-state index contributed by atoms with van der Waals surface area (Å²) in [5.74, 6) is 0. The fourth-order valence-electron chi connectivity index (χ4n) is 0.745. The average Bonchev–Trinajstić information content (AvgIpc) is 2.20. The minimum atomic E-state index is 1.06. The summed E-state index contributed by atoms with van der Waals surface area (Å²) in [7, 11) is 0. The van der Waals surface area contributed by atoms with Gasteiger partial charge in [-0.25, -0.2) is 11.6 Å². The third-order valence-corrected chi connectivity index (χ3v) is 1.12. The third kappa shape index (κ3) is 3.44. The van der Waals surface area contributed by atoms with Crippen LogP contribution >= 0.6 is 0 Å². The first-order chi connectivity index (χ1) is 4.29. The number of hydrogen-bond donors (Lipinski definition) is 0. The van der Waals surface area contributed by atoms with Crippen LogP contribution in [0.3, 0.4) is 0 Å². The van der Waals surface area contributed by atoms with E-state index in [4.69, 9.17) is 3.67 Å². The second kappa shape index (κ2) is 4.72. The first kappa shape index (κ1) is 8.86. The molecular weight excluding hydrogens is 151 g/mol. The van der Waals surface area contributed by atoms with Crippen molar-refractivity contribution in [1.29, 1.82) is 0 Å². The summed E-state index contributed by atoms with van der Waals surface area (Å²) in [4.78, 5) is 0. The Hall–Kier alpha value is -0.136. The zero-order valence-electron chi connectivity index (χ0n) is 5.64. The summed E-state index contributed by atoms with van der Waals surface area (Å²) in [5, 5.41) is 0. The summed E-state index contributed by atoms with van der Waals surface area (Å²) >= 11 is 1.06. The van der Waals surface area contributed by atoms with Gasteiger partial charge in [-0.15, -0.1) is 0 Å². The van der Waals surface area contributed by atoms with Gasteiger partial charge in [0.15, 0.2) is 0 Å². The molecule has 0 aromatic heterocycles. The van der Waals surface area contributed by atoms with Crippen molar-refractivity contribution < 1.29 is 21.0 Å². The van der Waals surface area contributed by atoms with Gasteiger partial charge in [-0.3, -0.25) is 6.08 Å². The molecule has 49 valence electrons. The van der Waals surface area contributed by atoms with Gasteiger partial charge in [0.1, 0.15) is 0 Å². The van der Waals surface area contributed by atoms with Gasteiger partial charge in [0.25, 0.3) is 0 Å². The Balaban J connectivity index is 0.000000291. The molecule has 0 aromatic rings. The number of hydrogen-bond acceptors (Lipinski definition) is 1. The molecule has 0 N–H and O–H groups in total. The Kier molecular flexibility index (Phi) is 4.64. The van der Waals surface area contributed by atoms with Gasteiger partial charge in [-0.2, -0.15) is 5.57 Å². The molecule has 0 atom stereocenters. The standard InChI is InChI=1S/C7H9.O.V/c1-6-3-4-7(2)5-6;;/h3H,4H2,1-2H3;;/q-1;;. The quantitative estimate of drug-likeness (QED) is 0.495. The van der Waals surface area contributed by atoms with E-state index in [1.807, 2.05) is 0 Å². The van der Waals surface area contributed by atoms with Crippen molar-refractivity contribution in [2.45, 2.75) is 20.3 Å². The van der Waals surface area contributed by atoms with Crippen LogP contribution in [0.4, 0.5) is 0 Å². The van der Waals surface area contributed by atoms with E-state index in [0.29, 0.717) is 0 Å². The van der Waals surface area contributed by atoms with Crippen molar-refractivity contribution in [3.63, 3.8) is 0 Å². The Labute approximate surface area is 65.0 Å². The molecule has 1 nitrogen and oxygen atoms in total. The maximum atomic E-state index is 8.19. The summed E-state index contributed by atoms with van der Waals surface area (Å²) in [6.45, 7) is 4.18. The average molecular weight is 160 g/mol.